The van der Waals surface area contributed by atoms with E-state index in [1.807, 2.05) is 24.3 Å². The molecule has 1 aliphatic heterocycles. The highest BCUT2D eigenvalue weighted by atomic mass is 35.5. The zero-order valence-electron chi connectivity index (χ0n) is 19.9. The minimum absolute atomic E-state index is 0.110. The van der Waals surface area contributed by atoms with Gasteiger partial charge in [-0.25, -0.2) is 4.79 Å². The number of carboxylic acids is 1. The van der Waals surface area contributed by atoms with Gasteiger partial charge in [-0.1, -0.05) is 35.9 Å². The molecule has 0 bridgehead atoms. The van der Waals surface area contributed by atoms with E-state index in [-0.39, 0.29) is 23.9 Å². The van der Waals surface area contributed by atoms with Crippen molar-refractivity contribution in [1.29, 1.82) is 0 Å². The van der Waals surface area contributed by atoms with Crippen LogP contribution >= 0.6 is 11.6 Å². The summed E-state index contributed by atoms with van der Waals surface area (Å²) in [4.78, 5) is 39.5. The average Bonchev–Trinajstić information content (AvgIpc) is 3.46. The molecule has 2 heterocycles. The Kier molecular flexibility index (Phi) is 6.96. The summed E-state index contributed by atoms with van der Waals surface area (Å²) in [5, 5.41) is 23.6. The van der Waals surface area contributed by atoms with Crippen molar-refractivity contribution in [3.8, 4) is 5.69 Å². The number of amides is 2. The van der Waals surface area contributed by atoms with Crippen LogP contribution in [-0.2, 0) is 22.6 Å². The van der Waals surface area contributed by atoms with Gasteiger partial charge in [-0.05, 0) is 70.1 Å². The number of carbonyl (C=O) groups is 3. The molecule has 0 unspecified atom stereocenters. The molecule has 190 valence electrons. The Morgan fingerprint density at radius 1 is 1.03 bits per heavy atom. The number of aromatic nitrogens is 4. The van der Waals surface area contributed by atoms with Gasteiger partial charge in [0.05, 0.1) is 11.3 Å². The molecule has 10 nitrogen and oxygen atoms in total. The third kappa shape index (κ3) is 5.30. The van der Waals surface area contributed by atoms with E-state index in [1.165, 1.54) is 46.3 Å². The van der Waals surface area contributed by atoms with Crippen molar-refractivity contribution in [3.05, 3.63) is 106 Å². The van der Waals surface area contributed by atoms with Gasteiger partial charge in [0.2, 0.25) is 11.8 Å². The summed E-state index contributed by atoms with van der Waals surface area (Å²) in [6.45, 7) is 0.255. The Labute approximate surface area is 222 Å². The smallest absolute Gasteiger partial charge is 0.335 e. The zero-order chi connectivity index (χ0) is 26.6. The first-order valence-electron chi connectivity index (χ1n) is 11.6. The maximum atomic E-state index is 13.5. The van der Waals surface area contributed by atoms with Crippen LogP contribution in [0.1, 0.15) is 27.0 Å². The number of carbonyl (C=O) groups excluding carboxylic acids is 2. The molecule has 0 aliphatic carbocycles. The van der Waals surface area contributed by atoms with Crippen LogP contribution in [0.15, 0.2) is 79.1 Å². The molecule has 0 spiro atoms. The van der Waals surface area contributed by atoms with Crippen LogP contribution in [0.2, 0.25) is 5.02 Å². The van der Waals surface area contributed by atoms with Gasteiger partial charge in [-0.15, -0.1) is 5.10 Å². The highest BCUT2D eigenvalue weighted by Crippen LogP contribution is 2.26. The number of benzene rings is 3. The van der Waals surface area contributed by atoms with Gasteiger partial charge in [0.25, 0.3) is 0 Å². The van der Waals surface area contributed by atoms with Crippen LogP contribution in [0.3, 0.4) is 0 Å². The Balaban J connectivity index is 1.41. The highest BCUT2D eigenvalue weighted by Gasteiger charge is 2.33. The molecular weight excluding hydrogens is 508 g/mol. The topological polar surface area (TPSA) is 130 Å². The van der Waals surface area contributed by atoms with Crippen molar-refractivity contribution in [2.24, 2.45) is 0 Å². The number of carboxylic acid groups (broad SMARTS) is 1. The third-order valence-corrected chi connectivity index (χ3v) is 6.46. The molecule has 0 saturated heterocycles. The second kappa shape index (κ2) is 10.7. The number of hydrogen-bond acceptors (Lipinski definition) is 6. The van der Waals surface area contributed by atoms with Crippen molar-refractivity contribution in [1.82, 2.24) is 25.1 Å². The SMILES string of the molecule is O=C(O)c1ccc(NC(=O)[C@H]2Cc3ccccc3CN2C(=O)/C=C/c2cc(Cl)ccc2-n2cnnn2)cc1. The summed E-state index contributed by atoms with van der Waals surface area (Å²) in [5.41, 5.74) is 3.74. The monoisotopic (exact) mass is 528 g/mol. The summed E-state index contributed by atoms with van der Waals surface area (Å²) in [6.07, 6.45) is 4.79. The highest BCUT2D eigenvalue weighted by molar-refractivity contribution is 6.30. The van der Waals surface area contributed by atoms with Crippen molar-refractivity contribution < 1.29 is 19.5 Å². The molecule has 1 aliphatic rings. The van der Waals surface area contributed by atoms with Crippen LogP contribution in [-0.4, -0.2) is 54.0 Å². The van der Waals surface area contributed by atoms with Crippen molar-refractivity contribution in [3.63, 3.8) is 0 Å². The first kappa shape index (κ1) is 24.8. The molecule has 2 amide bonds. The fourth-order valence-electron chi connectivity index (χ4n) is 4.31. The molecular formula is C27H21ClN6O4. The molecule has 4 aromatic rings. The minimum Gasteiger partial charge on any atom is -0.478 e. The number of tetrazole rings is 1. The standard InChI is InChI=1S/C27H21ClN6O4/c28-21-8-11-23(34-16-29-31-32-34)19(13-21)7-12-25(35)33-15-20-4-2-1-3-18(20)14-24(33)26(36)30-22-9-5-17(6-10-22)27(37)38/h1-13,16,24H,14-15H2,(H,30,36)(H,37,38)/b12-7+/t24-/m1/s1. The largest absolute Gasteiger partial charge is 0.478 e. The van der Waals surface area contributed by atoms with Gasteiger partial charge in [-0.3, -0.25) is 9.59 Å². The van der Waals surface area contributed by atoms with Crippen molar-refractivity contribution >= 4 is 41.1 Å². The van der Waals surface area contributed by atoms with Crippen LogP contribution in [0.25, 0.3) is 11.8 Å². The van der Waals surface area contributed by atoms with Crippen molar-refractivity contribution in [2.75, 3.05) is 5.32 Å². The fourth-order valence-corrected chi connectivity index (χ4v) is 4.49. The van der Waals surface area contributed by atoms with E-state index in [9.17, 15) is 14.4 Å². The molecule has 5 rings (SSSR count). The number of rotatable bonds is 6. The van der Waals surface area contributed by atoms with Gasteiger partial charge in [-0.2, -0.15) is 4.68 Å². The van der Waals surface area contributed by atoms with E-state index in [0.29, 0.717) is 28.4 Å². The summed E-state index contributed by atoms with van der Waals surface area (Å²) in [7, 11) is 0. The first-order chi connectivity index (χ1) is 18.4. The predicted molar refractivity (Wildman–Crippen MR) is 140 cm³/mol. The van der Waals surface area contributed by atoms with Gasteiger partial charge in [0, 0.05) is 35.3 Å². The maximum absolute atomic E-state index is 13.5. The van der Waals surface area contributed by atoms with E-state index in [4.69, 9.17) is 16.7 Å². The number of nitrogens with zero attached hydrogens (tertiary/aromatic N) is 5. The second-order valence-electron chi connectivity index (χ2n) is 8.62. The van der Waals surface area contributed by atoms with E-state index < -0.39 is 12.0 Å². The summed E-state index contributed by atoms with van der Waals surface area (Å²) >= 11 is 6.19. The molecule has 38 heavy (non-hydrogen) atoms. The normalized spacial score (nSPS) is 14.8. The van der Waals surface area contributed by atoms with Crippen LogP contribution in [0.4, 0.5) is 5.69 Å². The summed E-state index contributed by atoms with van der Waals surface area (Å²) in [6, 6.07) is 17.9. The van der Waals surface area contributed by atoms with Gasteiger partial charge >= 0.3 is 5.97 Å². The number of halogens is 1. The lowest BCUT2D eigenvalue weighted by atomic mass is 9.93. The molecule has 11 heteroatoms. The van der Waals surface area contributed by atoms with Crippen LogP contribution in [0, 0.1) is 0 Å². The number of aromatic carboxylic acids is 1. The van der Waals surface area contributed by atoms with E-state index in [1.54, 1.807) is 24.3 Å². The van der Waals surface area contributed by atoms with Gasteiger partial charge < -0.3 is 15.3 Å². The summed E-state index contributed by atoms with van der Waals surface area (Å²) < 4.78 is 1.46. The molecule has 0 fully saturated rings. The lowest BCUT2D eigenvalue weighted by Crippen LogP contribution is -2.50. The Hall–Kier alpha value is -4.83. The number of fused-ring (bicyclic) bond motifs is 1. The Morgan fingerprint density at radius 3 is 2.50 bits per heavy atom. The number of nitrogens with one attached hydrogen (secondary N) is 1. The molecule has 3 aromatic carbocycles. The minimum atomic E-state index is -1.06. The number of anilines is 1. The quantitative estimate of drug-likeness (QED) is 0.365. The first-order valence-corrected chi connectivity index (χ1v) is 12.0. The molecule has 2 N–H and O–H groups in total. The maximum Gasteiger partial charge on any atom is 0.335 e. The van der Waals surface area contributed by atoms with E-state index >= 15 is 0 Å². The average molecular weight is 529 g/mol. The van der Waals surface area contributed by atoms with E-state index in [0.717, 1.165) is 11.1 Å². The van der Waals surface area contributed by atoms with Crippen molar-refractivity contribution in [2.45, 2.75) is 19.0 Å². The second-order valence-corrected chi connectivity index (χ2v) is 9.05. The van der Waals surface area contributed by atoms with Crippen LogP contribution in [0.5, 0.6) is 0 Å². The molecule has 0 saturated carbocycles. The van der Waals surface area contributed by atoms with E-state index in [2.05, 4.69) is 20.8 Å². The van der Waals surface area contributed by atoms with Crippen LogP contribution < -0.4 is 5.32 Å². The molecule has 1 atom stereocenters. The predicted octanol–water partition coefficient (Wildman–Crippen LogP) is 3.62. The summed E-state index contributed by atoms with van der Waals surface area (Å²) in [5.74, 6) is -1.79. The third-order valence-electron chi connectivity index (χ3n) is 6.22. The Bertz CT molecular complexity index is 1540. The van der Waals surface area contributed by atoms with Gasteiger partial charge in [0.1, 0.15) is 12.4 Å². The lowest BCUT2D eigenvalue weighted by molar-refractivity contribution is -0.135. The number of hydrogen-bond donors (Lipinski definition) is 2. The fraction of sp³-hybridized carbons (Fsp3) is 0.111. The van der Waals surface area contributed by atoms with Gasteiger partial charge in [0.15, 0.2) is 0 Å². The molecule has 0 radical (unpaired) electrons. The molecule has 1 aromatic heterocycles. The zero-order valence-corrected chi connectivity index (χ0v) is 20.6. The lowest BCUT2D eigenvalue weighted by Gasteiger charge is -2.35. The Morgan fingerprint density at radius 2 is 1.79 bits per heavy atom.